The van der Waals surface area contributed by atoms with Crippen molar-refractivity contribution in [2.45, 2.75) is 13.1 Å². The van der Waals surface area contributed by atoms with Crippen LogP contribution in [0.2, 0.25) is 0 Å². The van der Waals surface area contributed by atoms with Gasteiger partial charge in [-0.25, -0.2) is 4.39 Å². The number of pyridine rings is 1. The van der Waals surface area contributed by atoms with E-state index in [-0.39, 0.29) is 17.3 Å². The minimum absolute atomic E-state index is 0.0809. The summed E-state index contributed by atoms with van der Waals surface area (Å²) in [5, 5.41) is 14.0. The van der Waals surface area contributed by atoms with Crippen LogP contribution in [0, 0.1) is 22.9 Å². The monoisotopic (exact) mass is 378 g/mol. The highest BCUT2D eigenvalue weighted by Gasteiger charge is 2.39. The van der Waals surface area contributed by atoms with E-state index in [2.05, 4.69) is 10.3 Å². The van der Waals surface area contributed by atoms with Crippen LogP contribution < -0.4 is 10.2 Å². The molecule has 1 aliphatic heterocycles. The third-order valence-corrected chi connectivity index (χ3v) is 4.57. The molecule has 0 radical (unpaired) electrons. The van der Waals surface area contributed by atoms with Gasteiger partial charge >= 0.3 is 0 Å². The third kappa shape index (κ3) is 2.94. The Labute approximate surface area is 159 Å². The number of carbonyl (C=O) groups is 1. The van der Waals surface area contributed by atoms with Crippen LogP contribution in [0.1, 0.15) is 27.8 Å². The van der Waals surface area contributed by atoms with Crippen LogP contribution in [0.25, 0.3) is 0 Å². The van der Waals surface area contributed by atoms with Gasteiger partial charge in [-0.1, -0.05) is 17.7 Å². The first-order chi connectivity index (χ1) is 13.5. The van der Waals surface area contributed by atoms with Gasteiger partial charge in [0, 0.05) is 24.0 Å². The Bertz CT molecular complexity index is 1090. The number of fused-ring (bicyclic) bond motifs is 1. The van der Waals surface area contributed by atoms with Gasteiger partial charge in [-0.05, 0) is 37.3 Å². The van der Waals surface area contributed by atoms with Crippen molar-refractivity contribution in [2.24, 2.45) is 0 Å². The van der Waals surface area contributed by atoms with E-state index < -0.39 is 16.9 Å². The molecule has 8 heteroatoms. The molecule has 0 fully saturated rings. The molecule has 0 saturated heterocycles. The van der Waals surface area contributed by atoms with Gasteiger partial charge in [0.05, 0.1) is 21.9 Å². The number of carbonyl (C=O) groups excluding carboxylic acids is 1. The van der Waals surface area contributed by atoms with Gasteiger partial charge in [-0.2, -0.15) is 0 Å². The van der Waals surface area contributed by atoms with Crippen molar-refractivity contribution in [3.8, 4) is 0 Å². The second kappa shape index (κ2) is 6.73. The Morgan fingerprint density at radius 1 is 1.18 bits per heavy atom. The van der Waals surface area contributed by atoms with Gasteiger partial charge < -0.3 is 5.32 Å². The van der Waals surface area contributed by atoms with Crippen molar-refractivity contribution < 1.29 is 14.1 Å². The average Bonchev–Trinajstić information content (AvgIpc) is 2.96. The Morgan fingerprint density at radius 2 is 1.93 bits per heavy atom. The fourth-order valence-corrected chi connectivity index (χ4v) is 3.17. The average molecular weight is 378 g/mol. The van der Waals surface area contributed by atoms with Crippen molar-refractivity contribution in [2.75, 3.05) is 10.2 Å². The maximum atomic E-state index is 14.3. The predicted molar refractivity (Wildman–Crippen MR) is 102 cm³/mol. The van der Waals surface area contributed by atoms with Crippen LogP contribution in [0.15, 0.2) is 60.8 Å². The van der Waals surface area contributed by atoms with Crippen LogP contribution in [0.3, 0.4) is 0 Å². The number of rotatable bonds is 4. The number of aryl methyl sites for hydroxylation is 1. The fourth-order valence-electron chi connectivity index (χ4n) is 3.17. The Kier molecular flexibility index (Phi) is 4.23. The standard InChI is InChI=1S/C20H15FN4O3/c1-12-4-6-13(7-5-12)24-19(18-15(20(24)26)3-2-10-22-18)23-17-11-14(25(27)28)8-9-16(17)21/h2-11,19,23H,1H3/t19-/m1/s1. The zero-order chi connectivity index (χ0) is 19.8. The van der Waals surface area contributed by atoms with E-state index in [4.69, 9.17) is 0 Å². The molecule has 1 aromatic heterocycles. The third-order valence-electron chi connectivity index (χ3n) is 4.57. The number of nitro groups is 1. The summed E-state index contributed by atoms with van der Waals surface area (Å²) < 4.78 is 14.3. The molecular formula is C20H15FN4O3. The number of nitro benzene ring substituents is 1. The maximum absolute atomic E-state index is 14.3. The summed E-state index contributed by atoms with van der Waals surface area (Å²) in [4.78, 5) is 29.2. The minimum atomic E-state index is -0.803. The molecule has 0 unspecified atom stereocenters. The molecule has 0 aliphatic carbocycles. The van der Waals surface area contributed by atoms with E-state index in [1.54, 1.807) is 30.5 Å². The summed E-state index contributed by atoms with van der Waals surface area (Å²) in [5.74, 6) is -0.943. The summed E-state index contributed by atoms with van der Waals surface area (Å²) >= 11 is 0. The predicted octanol–water partition coefficient (Wildman–Crippen LogP) is 4.21. The van der Waals surface area contributed by atoms with Gasteiger partial charge in [-0.15, -0.1) is 0 Å². The molecular weight excluding hydrogens is 363 g/mol. The molecule has 0 saturated carbocycles. The first-order valence-corrected chi connectivity index (χ1v) is 8.51. The van der Waals surface area contributed by atoms with E-state index in [1.807, 2.05) is 19.1 Å². The molecule has 4 rings (SSSR count). The molecule has 28 heavy (non-hydrogen) atoms. The van der Waals surface area contributed by atoms with Gasteiger partial charge in [0.2, 0.25) is 0 Å². The van der Waals surface area contributed by atoms with Crippen LogP contribution in [-0.4, -0.2) is 15.8 Å². The quantitative estimate of drug-likeness (QED) is 0.543. The van der Waals surface area contributed by atoms with Crippen molar-refractivity contribution in [1.82, 2.24) is 4.98 Å². The van der Waals surface area contributed by atoms with Crippen LogP contribution in [0.4, 0.5) is 21.5 Å². The summed E-state index contributed by atoms with van der Waals surface area (Å²) in [6.45, 7) is 1.93. The summed E-state index contributed by atoms with van der Waals surface area (Å²) in [6.07, 6.45) is 0.742. The molecule has 140 valence electrons. The van der Waals surface area contributed by atoms with Crippen molar-refractivity contribution >= 4 is 23.0 Å². The summed E-state index contributed by atoms with van der Waals surface area (Å²) in [5.41, 5.74) is 2.13. The zero-order valence-corrected chi connectivity index (χ0v) is 14.8. The lowest BCUT2D eigenvalue weighted by Crippen LogP contribution is -2.32. The van der Waals surface area contributed by atoms with Crippen molar-refractivity contribution in [3.63, 3.8) is 0 Å². The number of amides is 1. The van der Waals surface area contributed by atoms with Crippen LogP contribution in [-0.2, 0) is 0 Å². The minimum Gasteiger partial charge on any atom is -0.357 e. The number of anilines is 2. The summed E-state index contributed by atoms with van der Waals surface area (Å²) in [6, 6.07) is 13.8. The van der Waals surface area contributed by atoms with Crippen LogP contribution >= 0.6 is 0 Å². The fraction of sp³-hybridized carbons (Fsp3) is 0.100. The van der Waals surface area contributed by atoms with Crippen molar-refractivity contribution in [1.29, 1.82) is 0 Å². The highest BCUT2D eigenvalue weighted by molar-refractivity contribution is 6.11. The number of halogens is 1. The lowest BCUT2D eigenvalue weighted by Gasteiger charge is -2.26. The lowest BCUT2D eigenvalue weighted by molar-refractivity contribution is -0.384. The zero-order valence-electron chi connectivity index (χ0n) is 14.8. The number of hydrogen-bond donors (Lipinski definition) is 1. The van der Waals surface area contributed by atoms with Gasteiger partial charge in [0.1, 0.15) is 5.82 Å². The van der Waals surface area contributed by atoms with E-state index >= 15 is 0 Å². The van der Waals surface area contributed by atoms with Crippen molar-refractivity contribution in [3.05, 3.63) is 93.5 Å². The van der Waals surface area contributed by atoms with Gasteiger partial charge in [0.15, 0.2) is 6.17 Å². The second-order valence-corrected chi connectivity index (χ2v) is 6.42. The Hall–Kier alpha value is -3.81. The molecule has 7 nitrogen and oxygen atoms in total. The molecule has 1 amide bonds. The number of aromatic nitrogens is 1. The summed E-state index contributed by atoms with van der Waals surface area (Å²) in [7, 11) is 0. The van der Waals surface area contributed by atoms with Crippen LogP contribution in [0.5, 0.6) is 0 Å². The highest BCUT2D eigenvalue weighted by atomic mass is 19.1. The number of nitrogens with one attached hydrogen (secondary N) is 1. The van der Waals surface area contributed by atoms with E-state index in [9.17, 15) is 19.3 Å². The SMILES string of the molecule is Cc1ccc(N2C(=O)c3cccnc3[C@@H]2Nc2cc([N+](=O)[O-])ccc2F)cc1. The highest BCUT2D eigenvalue weighted by Crippen LogP contribution is 2.37. The van der Waals surface area contributed by atoms with E-state index in [1.165, 1.54) is 4.90 Å². The van der Waals surface area contributed by atoms with E-state index in [0.29, 0.717) is 16.9 Å². The second-order valence-electron chi connectivity index (χ2n) is 6.42. The molecule has 2 aromatic carbocycles. The number of benzene rings is 2. The molecule has 1 N–H and O–H groups in total. The Balaban J connectivity index is 1.80. The lowest BCUT2D eigenvalue weighted by atomic mass is 10.2. The number of hydrogen-bond acceptors (Lipinski definition) is 5. The smallest absolute Gasteiger partial charge is 0.271 e. The molecule has 2 heterocycles. The van der Waals surface area contributed by atoms with E-state index in [0.717, 1.165) is 23.8 Å². The first-order valence-electron chi connectivity index (χ1n) is 8.51. The topological polar surface area (TPSA) is 88.4 Å². The largest absolute Gasteiger partial charge is 0.357 e. The molecule has 0 spiro atoms. The Morgan fingerprint density at radius 3 is 2.64 bits per heavy atom. The number of nitrogens with zero attached hydrogens (tertiary/aromatic N) is 3. The number of non-ortho nitro benzene ring substituents is 1. The molecule has 0 bridgehead atoms. The molecule has 1 aliphatic rings. The molecule has 1 atom stereocenters. The maximum Gasteiger partial charge on any atom is 0.271 e. The first kappa shape index (κ1) is 17.6. The van der Waals surface area contributed by atoms with Gasteiger partial charge in [-0.3, -0.25) is 24.8 Å². The normalized spacial score (nSPS) is 15.4. The van der Waals surface area contributed by atoms with Gasteiger partial charge in [0.25, 0.3) is 11.6 Å². The molecule has 3 aromatic rings.